The van der Waals surface area contributed by atoms with Crippen molar-refractivity contribution in [2.45, 2.75) is 57.8 Å². The van der Waals surface area contributed by atoms with Gasteiger partial charge in [0, 0.05) is 0 Å². The molecule has 1 fully saturated rings. The maximum atomic E-state index is 15.4. The molecule has 0 radical (unpaired) electrons. The Morgan fingerprint density at radius 3 is 2.38 bits per heavy atom. The van der Waals surface area contributed by atoms with E-state index in [2.05, 4.69) is 6.92 Å². The van der Waals surface area contributed by atoms with Crippen LogP contribution in [0, 0.1) is 46.4 Å². The van der Waals surface area contributed by atoms with Crippen LogP contribution in [0.25, 0.3) is 11.1 Å². The number of rotatable bonds is 3. The van der Waals surface area contributed by atoms with Gasteiger partial charge in [0.05, 0.1) is 5.56 Å². The average molecular weight is 401 g/mol. The number of hydrogen-bond acceptors (Lipinski definition) is 1. The van der Waals surface area contributed by atoms with Crippen molar-refractivity contribution in [3.63, 3.8) is 0 Å². The van der Waals surface area contributed by atoms with Gasteiger partial charge in [0.1, 0.15) is 34.9 Å². The van der Waals surface area contributed by atoms with Gasteiger partial charge in [-0.1, -0.05) is 19.8 Å². The molecule has 1 saturated carbocycles. The molecule has 2 aliphatic carbocycles. The SMILES string of the molecule is CCC[C@@H]1CC[C@@H]2c3cc(F)c(-c4cc(F)c(C#N)c(F)c4)c(F)c3CC[C@H]2C1. The van der Waals surface area contributed by atoms with Crippen molar-refractivity contribution >= 4 is 0 Å². The van der Waals surface area contributed by atoms with Crippen molar-refractivity contribution in [3.8, 4) is 17.2 Å². The minimum atomic E-state index is -1.12. The molecule has 5 heteroatoms. The molecular weight excluding hydrogens is 378 g/mol. The number of nitrogens with zero attached hydrogens (tertiary/aromatic N) is 1. The molecule has 4 rings (SSSR count). The Labute approximate surface area is 168 Å². The van der Waals surface area contributed by atoms with Crippen molar-refractivity contribution in [1.82, 2.24) is 0 Å². The average Bonchev–Trinajstić information content (AvgIpc) is 2.68. The van der Waals surface area contributed by atoms with Crippen LogP contribution in [-0.2, 0) is 6.42 Å². The molecular formula is C24H23F4N. The molecule has 152 valence electrons. The van der Waals surface area contributed by atoms with Crippen molar-refractivity contribution in [2.75, 3.05) is 0 Å². The molecule has 2 aromatic rings. The van der Waals surface area contributed by atoms with E-state index >= 15 is 4.39 Å². The van der Waals surface area contributed by atoms with E-state index in [9.17, 15) is 13.2 Å². The van der Waals surface area contributed by atoms with Crippen molar-refractivity contribution < 1.29 is 17.6 Å². The van der Waals surface area contributed by atoms with Gasteiger partial charge >= 0.3 is 0 Å². The summed E-state index contributed by atoms with van der Waals surface area (Å²) in [4.78, 5) is 0. The second kappa shape index (κ2) is 7.82. The number of hydrogen-bond donors (Lipinski definition) is 0. The zero-order chi connectivity index (χ0) is 20.7. The first-order valence-corrected chi connectivity index (χ1v) is 10.3. The van der Waals surface area contributed by atoms with Gasteiger partial charge in [0.25, 0.3) is 0 Å². The topological polar surface area (TPSA) is 23.8 Å². The Morgan fingerprint density at radius 1 is 1.00 bits per heavy atom. The summed E-state index contributed by atoms with van der Waals surface area (Å²) in [6.07, 6.45) is 6.84. The Morgan fingerprint density at radius 2 is 1.72 bits per heavy atom. The van der Waals surface area contributed by atoms with Crippen molar-refractivity contribution in [2.24, 2.45) is 11.8 Å². The van der Waals surface area contributed by atoms with Gasteiger partial charge in [-0.25, -0.2) is 17.6 Å². The highest BCUT2D eigenvalue weighted by atomic mass is 19.1. The van der Waals surface area contributed by atoms with E-state index in [-0.39, 0.29) is 11.5 Å². The summed E-state index contributed by atoms with van der Waals surface area (Å²) in [6.45, 7) is 2.18. The summed E-state index contributed by atoms with van der Waals surface area (Å²) < 4.78 is 58.4. The molecule has 2 aromatic carbocycles. The lowest BCUT2D eigenvalue weighted by atomic mass is 9.64. The molecule has 2 aliphatic rings. The third-order valence-corrected chi connectivity index (χ3v) is 6.75. The minimum absolute atomic E-state index is 0.152. The number of benzene rings is 2. The Kier molecular flexibility index (Phi) is 5.38. The van der Waals surface area contributed by atoms with Gasteiger partial charge < -0.3 is 0 Å². The van der Waals surface area contributed by atoms with Crippen LogP contribution < -0.4 is 0 Å². The molecule has 0 saturated heterocycles. The summed E-state index contributed by atoms with van der Waals surface area (Å²) in [6, 6.07) is 4.46. The van der Waals surface area contributed by atoms with E-state index in [0.717, 1.165) is 49.8 Å². The Balaban J connectivity index is 1.74. The van der Waals surface area contributed by atoms with Crippen molar-refractivity contribution in [1.29, 1.82) is 5.26 Å². The van der Waals surface area contributed by atoms with Gasteiger partial charge in [-0.3, -0.25) is 0 Å². The molecule has 0 spiro atoms. The highest BCUT2D eigenvalue weighted by molar-refractivity contribution is 5.68. The highest BCUT2D eigenvalue weighted by Crippen LogP contribution is 2.49. The van der Waals surface area contributed by atoms with E-state index in [4.69, 9.17) is 5.26 Å². The molecule has 3 atom stereocenters. The first kappa shape index (κ1) is 19.9. The molecule has 0 amide bonds. The third-order valence-electron chi connectivity index (χ3n) is 6.75. The van der Waals surface area contributed by atoms with E-state index in [1.165, 1.54) is 18.6 Å². The summed E-state index contributed by atoms with van der Waals surface area (Å²) in [5.74, 6) is -2.47. The van der Waals surface area contributed by atoms with Crippen LogP contribution in [0.1, 0.15) is 68.1 Å². The first-order valence-electron chi connectivity index (χ1n) is 10.3. The van der Waals surface area contributed by atoms with E-state index in [1.54, 1.807) is 0 Å². The number of nitriles is 1. The van der Waals surface area contributed by atoms with Gasteiger partial charge in [-0.15, -0.1) is 0 Å². The van der Waals surface area contributed by atoms with Crippen LogP contribution >= 0.6 is 0 Å². The first-order chi connectivity index (χ1) is 13.9. The van der Waals surface area contributed by atoms with E-state index in [0.29, 0.717) is 23.8 Å². The fourth-order valence-electron chi connectivity index (χ4n) is 5.44. The lowest BCUT2D eigenvalue weighted by molar-refractivity contribution is 0.199. The smallest absolute Gasteiger partial charge is 0.144 e. The van der Waals surface area contributed by atoms with Crippen LogP contribution in [0.3, 0.4) is 0 Å². The van der Waals surface area contributed by atoms with Gasteiger partial charge in [-0.2, -0.15) is 5.26 Å². The molecule has 1 nitrogen and oxygen atoms in total. The summed E-state index contributed by atoms with van der Waals surface area (Å²) in [7, 11) is 0. The Hall–Kier alpha value is -2.35. The quantitative estimate of drug-likeness (QED) is 0.507. The molecule has 0 aromatic heterocycles. The highest BCUT2D eigenvalue weighted by Gasteiger charge is 2.37. The maximum Gasteiger partial charge on any atom is 0.144 e. The molecule has 0 aliphatic heterocycles. The minimum Gasteiger partial charge on any atom is -0.206 e. The molecule has 0 N–H and O–H groups in total. The van der Waals surface area contributed by atoms with Gasteiger partial charge in [-0.05, 0) is 84.7 Å². The normalized spacial score (nSPS) is 23.2. The van der Waals surface area contributed by atoms with Crippen LogP contribution in [0.4, 0.5) is 17.6 Å². The molecule has 0 heterocycles. The van der Waals surface area contributed by atoms with E-state index in [1.807, 2.05) is 0 Å². The predicted molar refractivity (Wildman–Crippen MR) is 103 cm³/mol. The third kappa shape index (κ3) is 3.43. The lowest BCUT2D eigenvalue weighted by Crippen LogP contribution is -2.29. The van der Waals surface area contributed by atoms with Crippen molar-refractivity contribution in [3.05, 3.63) is 58.2 Å². The Bertz CT molecular complexity index is 968. The fraction of sp³-hybridized carbons (Fsp3) is 0.458. The van der Waals surface area contributed by atoms with Crippen LogP contribution in [-0.4, -0.2) is 0 Å². The second-order valence-electron chi connectivity index (χ2n) is 8.41. The predicted octanol–water partition coefficient (Wildman–Crippen LogP) is 7.03. The van der Waals surface area contributed by atoms with Crippen LogP contribution in [0.2, 0.25) is 0 Å². The summed E-state index contributed by atoms with van der Waals surface area (Å²) >= 11 is 0. The number of fused-ring (bicyclic) bond motifs is 3. The van der Waals surface area contributed by atoms with E-state index < -0.39 is 34.4 Å². The van der Waals surface area contributed by atoms with Crippen LogP contribution in [0.5, 0.6) is 0 Å². The van der Waals surface area contributed by atoms with Crippen LogP contribution in [0.15, 0.2) is 18.2 Å². The monoisotopic (exact) mass is 401 g/mol. The van der Waals surface area contributed by atoms with Gasteiger partial charge in [0.15, 0.2) is 0 Å². The summed E-state index contributed by atoms with van der Waals surface area (Å²) in [5.41, 5.74) is -0.180. The zero-order valence-electron chi connectivity index (χ0n) is 16.4. The number of halogens is 4. The second-order valence-corrected chi connectivity index (χ2v) is 8.41. The largest absolute Gasteiger partial charge is 0.206 e. The standard InChI is InChI=1S/C24H23F4N/c1-2-3-13-4-6-16-14(8-13)5-7-17-18(16)11-22(27)23(24(17)28)15-9-20(25)19(12-29)21(26)10-15/h9-11,13-14,16H,2-8H2,1H3/t13-,14+,16+/m1/s1. The molecule has 0 bridgehead atoms. The molecule has 0 unspecified atom stereocenters. The fourth-order valence-corrected chi connectivity index (χ4v) is 5.44. The lowest BCUT2D eigenvalue weighted by Gasteiger charge is -2.41. The van der Waals surface area contributed by atoms with Gasteiger partial charge in [0.2, 0.25) is 0 Å². The molecule has 29 heavy (non-hydrogen) atoms. The maximum absolute atomic E-state index is 15.4. The zero-order valence-corrected chi connectivity index (χ0v) is 16.4. The summed E-state index contributed by atoms with van der Waals surface area (Å²) in [5, 5.41) is 8.81.